The summed E-state index contributed by atoms with van der Waals surface area (Å²) in [4.78, 5) is 13.4. The fraction of sp³-hybridized carbons (Fsp3) is 0.353. The van der Waals surface area contributed by atoms with Crippen molar-refractivity contribution in [3.63, 3.8) is 0 Å². The number of rotatable bonds is 2. The van der Waals surface area contributed by atoms with Crippen molar-refractivity contribution in [3.05, 3.63) is 42.4 Å². The van der Waals surface area contributed by atoms with E-state index in [4.69, 9.17) is 0 Å². The van der Waals surface area contributed by atoms with Gasteiger partial charge in [-0.1, -0.05) is 0 Å². The maximum absolute atomic E-state index is 4.36. The van der Waals surface area contributed by atoms with Crippen LogP contribution in [0.4, 0.5) is 0 Å². The first-order valence-corrected chi connectivity index (χ1v) is 7.60. The van der Waals surface area contributed by atoms with Gasteiger partial charge in [0.2, 0.25) is 0 Å². The molecule has 1 saturated heterocycles. The van der Waals surface area contributed by atoms with Gasteiger partial charge in [0.05, 0.1) is 0 Å². The van der Waals surface area contributed by atoms with E-state index in [0.29, 0.717) is 5.92 Å². The molecule has 2 N–H and O–H groups in total. The Kier molecular flexibility index (Phi) is 3.04. The first kappa shape index (κ1) is 12.7. The maximum atomic E-state index is 4.36. The number of nitrogens with zero attached hydrogens (tertiary/aromatic N) is 2. The minimum Gasteiger partial charge on any atom is -0.361 e. The number of nitrogens with one attached hydrogen (secondary N) is 2. The third-order valence-corrected chi connectivity index (χ3v) is 4.64. The summed E-state index contributed by atoms with van der Waals surface area (Å²) in [6.07, 6.45) is 8.36. The summed E-state index contributed by atoms with van der Waals surface area (Å²) in [6, 6.07) is 6.54. The molecule has 0 unspecified atom stereocenters. The van der Waals surface area contributed by atoms with Crippen LogP contribution in [0.1, 0.15) is 24.3 Å². The van der Waals surface area contributed by atoms with Gasteiger partial charge in [-0.25, -0.2) is 4.98 Å². The van der Waals surface area contributed by atoms with Crippen molar-refractivity contribution in [2.75, 3.05) is 20.1 Å². The summed E-state index contributed by atoms with van der Waals surface area (Å²) in [5.74, 6) is 1.61. The molecule has 3 aromatic rings. The first-order valence-electron chi connectivity index (χ1n) is 7.60. The summed E-state index contributed by atoms with van der Waals surface area (Å²) in [5.41, 5.74) is 3.84. The second kappa shape index (κ2) is 5.04. The lowest BCUT2D eigenvalue weighted by Gasteiger charge is -2.28. The lowest BCUT2D eigenvalue weighted by atomic mass is 9.89. The highest BCUT2D eigenvalue weighted by Gasteiger charge is 2.21. The van der Waals surface area contributed by atoms with E-state index < -0.39 is 0 Å². The average Bonchev–Trinajstić information content (AvgIpc) is 3.17. The third kappa shape index (κ3) is 2.25. The van der Waals surface area contributed by atoms with Gasteiger partial charge < -0.3 is 14.9 Å². The van der Waals surface area contributed by atoms with Gasteiger partial charge in [-0.3, -0.25) is 0 Å². The molecule has 2 aromatic heterocycles. The molecular formula is C17H20N4. The standard InChI is InChI=1S/C17H20N4/c1-21-8-4-12(5-9-21)15-11-20-16-3-2-13(10-14(15)16)17-18-6-7-19-17/h2-3,6-7,10-12,20H,4-5,8-9H2,1H3,(H,18,19). The van der Waals surface area contributed by atoms with Gasteiger partial charge in [0.1, 0.15) is 5.82 Å². The largest absolute Gasteiger partial charge is 0.361 e. The summed E-state index contributed by atoms with van der Waals surface area (Å²) in [6.45, 7) is 2.38. The normalized spacial score (nSPS) is 17.6. The fourth-order valence-corrected chi connectivity index (χ4v) is 3.37. The van der Waals surface area contributed by atoms with E-state index in [1.54, 1.807) is 6.20 Å². The number of aromatic amines is 2. The van der Waals surface area contributed by atoms with E-state index in [9.17, 15) is 0 Å². The van der Waals surface area contributed by atoms with Crippen molar-refractivity contribution in [1.82, 2.24) is 19.9 Å². The predicted molar refractivity (Wildman–Crippen MR) is 85.4 cm³/mol. The molecule has 0 radical (unpaired) electrons. The molecule has 0 spiro atoms. The molecule has 0 amide bonds. The van der Waals surface area contributed by atoms with Crippen LogP contribution in [0.25, 0.3) is 22.3 Å². The zero-order valence-electron chi connectivity index (χ0n) is 12.3. The van der Waals surface area contributed by atoms with Crippen molar-refractivity contribution >= 4 is 10.9 Å². The van der Waals surface area contributed by atoms with Gasteiger partial charge in [-0.05, 0) is 62.7 Å². The molecule has 0 aliphatic carbocycles. The molecule has 1 aliphatic rings. The molecule has 1 aliphatic heterocycles. The van der Waals surface area contributed by atoms with Gasteiger partial charge in [-0.15, -0.1) is 0 Å². The minimum atomic E-state index is 0.668. The molecule has 0 atom stereocenters. The maximum Gasteiger partial charge on any atom is 0.137 e. The highest BCUT2D eigenvalue weighted by Crippen LogP contribution is 2.34. The molecule has 0 bridgehead atoms. The molecule has 4 heteroatoms. The van der Waals surface area contributed by atoms with Gasteiger partial charge in [0.15, 0.2) is 0 Å². The molecular weight excluding hydrogens is 260 g/mol. The topological polar surface area (TPSA) is 47.7 Å². The summed E-state index contributed by atoms with van der Waals surface area (Å²) in [5, 5.41) is 1.35. The molecule has 1 fully saturated rings. The van der Waals surface area contributed by atoms with Gasteiger partial charge in [0, 0.05) is 35.1 Å². The second-order valence-corrected chi connectivity index (χ2v) is 6.02. The van der Waals surface area contributed by atoms with Gasteiger partial charge in [-0.2, -0.15) is 0 Å². The number of aromatic nitrogens is 3. The molecule has 21 heavy (non-hydrogen) atoms. The fourth-order valence-electron chi connectivity index (χ4n) is 3.37. The van der Waals surface area contributed by atoms with Crippen LogP contribution in [-0.4, -0.2) is 40.0 Å². The van der Waals surface area contributed by atoms with E-state index in [-0.39, 0.29) is 0 Å². The number of hydrogen-bond donors (Lipinski definition) is 2. The Labute approximate surface area is 124 Å². The van der Waals surface area contributed by atoms with Crippen LogP contribution in [0.5, 0.6) is 0 Å². The van der Waals surface area contributed by atoms with Crippen molar-refractivity contribution in [2.45, 2.75) is 18.8 Å². The molecule has 4 nitrogen and oxygen atoms in total. The SMILES string of the molecule is CN1CCC(c2c[nH]c3ccc(-c4ncc[nH]4)cc23)CC1. The van der Waals surface area contributed by atoms with Crippen LogP contribution in [-0.2, 0) is 0 Å². The van der Waals surface area contributed by atoms with Crippen molar-refractivity contribution < 1.29 is 0 Å². The number of H-pyrrole nitrogens is 2. The Morgan fingerprint density at radius 1 is 1.19 bits per heavy atom. The van der Waals surface area contributed by atoms with E-state index >= 15 is 0 Å². The third-order valence-electron chi connectivity index (χ3n) is 4.64. The Bertz CT molecular complexity index is 733. The number of piperidine rings is 1. The van der Waals surface area contributed by atoms with E-state index in [1.807, 2.05) is 6.20 Å². The Morgan fingerprint density at radius 2 is 2.05 bits per heavy atom. The Balaban J connectivity index is 1.74. The molecule has 4 rings (SSSR count). The molecule has 0 saturated carbocycles. The highest BCUT2D eigenvalue weighted by molar-refractivity contribution is 5.87. The van der Waals surface area contributed by atoms with Crippen molar-refractivity contribution in [1.29, 1.82) is 0 Å². The average molecular weight is 280 g/mol. The summed E-state index contributed by atoms with van der Waals surface area (Å²) >= 11 is 0. The smallest absolute Gasteiger partial charge is 0.137 e. The van der Waals surface area contributed by atoms with Crippen LogP contribution in [0.2, 0.25) is 0 Å². The zero-order valence-corrected chi connectivity index (χ0v) is 12.3. The van der Waals surface area contributed by atoms with Gasteiger partial charge >= 0.3 is 0 Å². The predicted octanol–water partition coefficient (Wildman–Crippen LogP) is 3.37. The second-order valence-electron chi connectivity index (χ2n) is 6.02. The zero-order chi connectivity index (χ0) is 14.2. The van der Waals surface area contributed by atoms with Crippen LogP contribution in [0.15, 0.2) is 36.8 Å². The highest BCUT2D eigenvalue weighted by atomic mass is 15.1. The number of imidazole rings is 1. The van der Waals surface area contributed by atoms with Gasteiger partial charge in [0.25, 0.3) is 0 Å². The van der Waals surface area contributed by atoms with Crippen LogP contribution < -0.4 is 0 Å². The van der Waals surface area contributed by atoms with E-state index in [2.05, 4.69) is 51.3 Å². The number of likely N-dealkylation sites (tertiary alicyclic amines) is 1. The monoisotopic (exact) mass is 280 g/mol. The lowest BCUT2D eigenvalue weighted by molar-refractivity contribution is 0.256. The number of benzene rings is 1. The van der Waals surface area contributed by atoms with Crippen molar-refractivity contribution in [3.8, 4) is 11.4 Å². The van der Waals surface area contributed by atoms with Crippen molar-refractivity contribution in [2.24, 2.45) is 0 Å². The number of hydrogen-bond acceptors (Lipinski definition) is 2. The summed E-state index contributed by atoms with van der Waals surface area (Å²) < 4.78 is 0. The number of fused-ring (bicyclic) bond motifs is 1. The first-order chi connectivity index (χ1) is 10.3. The van der Waals surface area contributed by atoms with Crippen LogP contribution in [0.3, 0.4) is 0 Å². The molecule has 3 heterocycles. The Morgan fingerprint density at radius 3 is 2.81 bits per heavy atom. The molecule has 1 aromatic carbocycles. The van der Waals surface area contributed by atoms with E-state index in [1.165, 1.54) is 42.4 Å². The van der Waals surface area contributed by atoms with Crippen LogP contribution >= 0.6 is 0 Å². The quantitative estimate of drug-likeness (QED) is 0.756. The lowest BCUT2D eigenvalue weighted by Crippen LogP contribution is -2.29. The van der Waals surface area contributed by atoms with Crippen LogP contribution in [0, 0.1) is 0 Å². The summed E-state index contributed by atoms with van der Waals surface area (Å²) in [7, 11) is 2.21. The molecule has 108 valence electrons. The minimum absolute atomic E-state index is 0.668. The van der Waals surface area contributed by atoms with E-state index in [0.717, 1.165) is 11.4 Å². The Hall–Kier alpha value is -2.07.